The molecule has 0 spiro atoms. The fourth-order valence-corrected chi connectivity index (χ4v) is 2.06. The Kier molecular flexibility index (Phi) is 4.31. The van der Waals surface area contributed by atoms with Crippen LogP contribution in [0.2, 0.25) is 0 Å². The smallest absolute Gasteiger partial charge is 0.328 e. The largest absolute Gasteiger partial charge is 0.478 e. The molecule has 0 radical (unpaired) electrons. The standard InChI is InChI=1S/C17H15FO2/c1-2-12(11-17(19)20)13-3-5-14(6-4-13)15-7-9-16(18)10-8-15/h3-11H,2H2,1H3,(H,19,20)/b12-11+. The molecule has 0 bridgehead atoms. The van der Waals surface area contributed by atoms with Gasteiger partial charge in [-0.2, -0.15) is 0 Å². The Morgan fingerprint density at radius 1 is 1.05 bits per heavy atom. The molecule has 2 rings (SSSR count). The summed E-state index contributed by atoms with van der Waals surface area (Å²) in [6, 6.07) is 13.9. The van der Waals surface area contributed by atoms with Gasteiger partial charge in [0.05, 0.1) is 0 Å². The summed E-state index contributed by atoms with van der Waals surface area (Å²) in [6.45, 7) is 1.92. The molecule has 0 aliphatic heterocycles. The highest BCUT2D eigenvalue weighted by molar-refractivity contribution is 5.90. The molecule has 0 saturated carbocycles. The van der Waals surface area contributed by atoms with Crippen molar-refractivity contribution >= 4 is 11.5 Å². The van der Waals surface area contributed by atoms with Gasteiger partial charge in [0.2, 0.25) is 0 Å². The molecule has 1 N–H and O–H groups in total. The maximum Gasteiger partial charge on any atom is 0.328 e. The fourth-order valence-electron chi connectivity index (χ4n) is 2.06. The molecule has 0 aliphatic carbocycles. The molecule has 20 heavy (non-hydrogen) atoms. The first-order valence-electron chi connectivity index (χ1n) is 6.40. The highest BCUT2D eigenvalue weighted by atomic mass is 19.1. The molecule has 0 heterocycles. The monoisotopic (exact) mass is 270 g/mol. The summed E-state index contributed by atoms with van der Waals surface area (Å²) in [5, 5.41) is 8.82. The first kappa shape index (κ1) is 14.0. The molecule has 0 saturated heterocycles. The van der Waals surface area contributed by atoms with Crippen LogP contribution in [0.15, 0.2) is 54.6 Å². The lowest BCUT2D eigenvalue weighted by atomic mass is 9.99. The summed E-state index contributed by atoms with van der Waals surface area (Å²) in [6.07, 6.45) is 1.88. The lowest BCUT2D eigenvalue weighted by Gasteiger charge is -2.06. The number of rotatable bonds is 4. The normalized spacial score (nSPS) is 11.4. The molecule has 0 fully saturated rings. The zero-order chi connectivity index (χ0) is 14.5. The van der Waals surface area contributed by atoms with E-state index in [-0.39, 0.29) is 5.82 Å². The van der Waals surface area contributed by atoms with Gasteiger partial charge in [-0.25, -0.2) is 9.18 Å². The van der Waals surface area contributed by atoms with E-state index < -0.39 is 5.97 Å². The van der Waals surface area contributed by atoms with Crippen LogP contribution in [0.4, 0.5) is 4.39 Å². The second-order valence-electron chi connectivity index (χ2n) is 4.45. The van der Waals surface area contributed by atoms with Crippen molar-refractivity contribution < 1.29 is 14.3 Å². The zero-order valence-electron chi connectivity index (χ0n) is 11.1. The minimum atomic E-state index is -0.940. The molecule has 0 aliphatic rings. The first-order chi connectivity index (χ1) is 9.60. The Bertz CT molecular complexity index is 625. The number of carbonyl (C=O) groups is 1. The van der Waals surface area contributed by atoms with Crippen molar-refractivity contribution in [3.63, 3.8) is 0 Å². The molecular weight excluding hydrogens is 255 g/mol. The van der Waals surface area contributed by atoms with Gasteiger partial charge in [0.15, 0.2) is 0 Å². The van der Waals surface area contributed by atoms with E-state index in [0.717, 1.165) is 22.3 Å². The molecule has 0 atom stereocenters. The summed E-state index contributed by atoms with van der Waals surface area (Å²) in [7, 11) is 0. The van der Waals surface area contributed by atoms with Gasteiger partial charge in [-0.3, -0.25) is 0 Å². The topological polar surface area (TPSA) is 37.3 Å². The van der Waals surface area contributed by atoms with Gasteiger partial charge in [-0.1, -0.05) is 43.3 Å². The molecule has 2 nitrogen and oxygen atoms in total. The summed E-state index contributed by atoms with van der Waals surface area (Å²) in [5.41, 5.74) is 3.57. The molecule has 0 amide bonds. The summed E-state index contributed by atoms with van der Waals surface area (Å²) in [5.74, 6) is -1.20. The molecule has 2 aromatic rings. The van der Waals surface area contributed by atoms with Gasteiger partial charge in [-0.15, -0.1) is 0 Å². The van der Waals surface area contributed by atoms with Crippen LogP contribution in [0.3, 0.4) is 0 Å². The Labute approximate surface area is 117 Å². The van der Waals surface area contributed by atoms with Crippen LogP contribution in [-0.2, 0) is 4.79 Å². The van der Waals surface area contributed by atoms with Gasteiger partial charge in [0.25, 0.3) is 0 Å². The summed E-state index contributed by atoms with van der Waals surface area (Å²) >= 11 is 0. The van der Waals surface area contributed by atoms with E-state index in [2.05, 4.69) is 0 Å². The average molecular weight is 270 g/mol. The second-order valence-corrected chi connectivity index (χ2v) is 4.45. The number of aliphatic carboxylic acids is 1. The number of carboxylic acids is 1. The SMILES string of the molecule is CC/C(=C\C(=O)O)c1ccc(-c2ccc(F)cc2)cc1. The third-order valence-corrected chi connectivity index (χ3v) is 3.11. The molecule has 102 valence electrons. The number of allylic oxidation sites excluding steroid dienone is 1. The third-order valence-electron chi connectivity index (χ3n) is 3.11. The molecule has 0 unspecified atom stereocenters. The maximum absolute atomic E-state index is 12.9. The Morgan fingerprint density at radius 2 is 1.55 bits per heavy atom. The van der Waals surface area contributed by atoms with Crippen molar-refractivity contribution in [3.05, 3.63) is 66.0 Å². The van der Waals surface area contributed by atoms with Crippen LogP contribution in [0.25, 0.3) is 16.7 Å². The van der Waals surface area contributed by atoms with Crippen LogP contribution in [-0.4, -0.2) is 11.1 Å². The van der Waals surface area contributed by atoms with E-state index in [0.29, 0.717) is 6.42 Å². The predicted molar refractivity (Wildman–Crippen MR) is 77.7 cm³/mol. The van der Waals surface area contributed by atoms with Crippen LogP contribution < -0.4 is 0 Å². The fraction of sp³-hybridized carbons (Fsp3) is 0.118. The Hall–Kier alpha value is -2.42. The number of hydrogen-bond donors (Lipinski definition) is 1. The highest BCUT2D eigenvalue weighted by Crippen LogP contribution is 2.24. The van der Waals surface area contributed by atoms with Crippen molar-refractivity contribution in [2.75, 3.05) is 0 Å². The Morgan fingerprint density at radius 3 is 2.00 bits per heavy atom. The van der Waals surface area contributed by atoms with Crippen LogP contribution in [0.5, 0.6) is 0 Å². The van der Waals surface area contributed by atoms with E-state index in [1.165, 1.54) is 18.2 Å². The Balaban J connectivity index is 2.30. The number of halogens is 1. The van der Waals surface area contributed by atoms with Gasteiger partial charge >= 0.3 is 5.97 Å². The van der Waals surface area contributed by atoms with Gasteiger partial charge < -0.3 is 5.11 Å². The number of benzene rings is 2. The van der Waals surface area contributed by atoms with Crippen molar-refractivity contribution in [1.82, 2.24) is 0 Å². The van der Waals surface area contributed by atoms with E-state index in [9.17, 15) is 9.18 Å². The third kappa shape index (κ3) is 3.32. The predicted octanol–water partition coefficient (Wildman–Crippen LogP) is 4.37. The molecule has 3 heteroatoms. The summed E-state index contributed by atoms with van der Waals surface area (Å²) < 4.78 is 12.9. The second kappa shape index (κ2) is 6.15. The van der Waals surface area contributed by atoms with Crippen molar-refractivity contribution in [2.24, 2.45) is 0 Å². The molecule has 2 aromatic carbocycles. The van der Waals surface area contributed by atoms with E-state index in [1.807, 2.05) is 31.2 Å². The maximum atomic E-state index is 12.9. The number of carboxylic acid groups (broad SMARTS) is 1. The minimum absolute atomic E-state index is 0.261. The molecule has 0 aromatic heterocycles. The summed E-state index contributed by atoms with van der Waals surface area (Å²) in [4.78, 5) is 10.8. The minimum Gasteiger partial charge on any atom is -0.478 e. The van der Waals surface area contributed by atoms with Gasteiger partial charge in [0, 0.05) is 6.08 Å². The lowest BCUT2D eigenvalue weighted by molar-refractivity contribution is -0.131. The zero-order valence-corrected chi connectivity index (χ0v) is 11.1. The molecular formula is C17H15FO2. The van der Waals surface area contributed by atoms with E-state index in [1.54, 1.807) is 12.1 Å². The van der Waals surface area contributed by atoms with Gasteiger partial charge in [0.1, 0.15) is 5.82 Å². The van der Waals surface area contributed by atoms with Crippen LogP contribution in [0.1, 0.15) is 18.9 Å². The van der Waals surface area contributed by atoms with Crippen LogP contribution >= 0.6 is 0 Å². The van der Waals surface area contributed by atoms with Crippen LogP contribution in [0, 0.1) is 5.82 Å². The van der Waals surface area contributed by atoms with Crippen molar-refractivity contribution in [3.8, 4) is 11.1 Å². The first-order valence-corrected chi connectivity index (χ1v) is 6.40. The lowest BCUT2D eigenvalue weighted by Crippen LogP contribution is -1.92. The quantitative estimate of drug-likeness (QED) is 0.837. The van der Waals surface area contributed by atoms with E-state index in [4.69, 9.17) is 5.11 Å². The van der Waals surface area contributed by atoms with Gasteiger partial charge in [-0.05, 0) is 40.8 Å². The highest BCUT2D eigenvalue weighted by Gasteiger charge is 2.03. The average Bonchev–Trinajstić information content (AvgIpc) is 2.46. The number of hydrogen-bond acceptors (Lipinski definition) is 1. The van der Waals surface area contributed by atoms with Crippen molar-refractivity contribution in [1.29, 1.82) is 0 Å². The van der Waals surface area contributed by atoms with Crippen molar-refractivity contribution in [2.45, 2.75) is 13.3 Å². The van der Waals surface area contributed by atoms with E-state index >= 15 is 0 Å².